The van der Waals surface area contributed by atoms with Gasteiger partial charge in [-0.25, -0.2) is 9.80 Å². The van der Waals surface area contributed by atoms with E-state index in [0.29, 0.717) is 28.5 Å². The highest BCUT2D eigenvalue weighted by molar-refractivity contribution is 6.34. The number of rotatable bonds is 5. The zero-order chi connectivity index (χ0) is 23.1. The lowest BCUT2D eigenvalue weighted by molar-refractivity contribution is -0.0199. The zero-order valence-corrected chi connectivity index (χ0v) is 18.7. The number of methoxy groups -OCH3 is 2. The van der Waals surface area contributed by atoms with Crippen molar-refractivity contribution in [1.82, 2.24) is 5.01 Å². The van der Waals surface area contributed by atoms with Crippen molar-refractivity contribution in [3.05, 3.63) is 87.9 Å². The predicted molar refractivity (Wildman–Crippen MR) is 124 cm³/mol. The Hall–Kier alpha value is -3.71. The molecular formula is C25H21ClN2O5. The standard InChI is InChI=1S/C25H21ClN2O5/c1-31-21-12-11-16(22(25(29)30)23(21)32-2)24-28-19(15-8-4-6-10-20(15)33-24)13-18(27-28)14-7-3-5-9-17(14)26/h3-12,19,24H,13H2,1-2H3,(H,29,30)/t19-,24-/m1/s1. The first-order chi connectivity index (χ1) is 16.0. The molecule has 0 aliphatic carbocycles. The largest absolute Gasteiger partial charge is 0.493 e. The summed E-state index contributed by atoms with van der Waals surface area (Å²) < 4.78 is 17.1. The van der Waals surface area contributed by atoms with Gasteiger partial charge in [0, 0.05) is 28.1 Å². The molecule has 5 rings (SSSR count). The van der Waals surface area contributed by atoms with E-state index in [2.05, 4.69) is 0 Å². The molecule has 0 saturated carbocycles. The minimum absolute atomic E-state index is 0.0265. The van der Waals surface area contributed by atoms with Crippen molar-refractivity contribution < 1.29 is 24.1 Å². The Balaban J connectivity index is 1.68. The van der Waals surface area contributed by atoms with E-state index in [1.165, 1.54) is 14.2 Å². The van der Waals surface area contributed by atoms with Gasteiger partial charge in [-0.05, 0) is 24.3 Å². The van der Waals surface area contributed by atoms with Crippen molar-refractivity contribution in [1.29, 1.82) is 0 Å². The number of ether oxygens (including phenoxy) is 3. The Morgan fingerprint density at radius 3 is 2.55 bits per heavy atom. The van der Waals surface area contributed by atoms with Crippen molar-refractivity contribution >= 4 is 23.3 Å². The molecule has 0 spiro atoms. The zero-order valence-electron chi connectivity index (χ0n) is 18.0. The van der Waals surface area contributed by atoms with E-state index >= 15 is 0 Å². The Morgan fingerprint density at radius 2 is 1.82 bits per heavy atom. The molecular weight excluding hydrogens is 444 g/mol. The number of nitrogens with zero attached hydrogens (tertiary/aromatic N) is 2. The Morgan fingerprint density at radius 1 is 1.06 bits per heavy atom. The van der Waals surface area contributed by atoms with Gasteiger partial charge in [-0.1, -0.05) is 48.0 Å². The average Bonchev–Trinajstić information content (AvgIpc) is 3.28. The second-order valence-corrected chi connectivity index (χ2v) is 8.11. The van der Waals surface area contributed by atoms with Crippen LogP contribution >= 0.6 is 11.6 Å². The van der Waals surface area contributed by atoms with Crippen molar-refractivity contribution in [3.63, 3.8) is 0 Å². The van der Waals surface area contributed by atoms with Crippen molar-refractivity contribution in [3.8, 4) is 17.2 Å². The molecule has 7 nitrogen and oxygen atoms in total. The van der Waals surface area contributed by atoms with Crippen LogP contribution in [0.15, 0.2) is 65.8 Å². The van der Waals surface area contributed by atoms with E-state index in [1.807, 2.05) is 53.5 Å². The summed E-state index contributed by atoms with van der Waals surface area (Å²) >= 11 is 6.46. The summed E-state index contributed by atoms with van der Waals surface area (Å²) in [6.07, 6.45) is -0.174. The van der Waals surface area contributed by atoms with Crippen molar-refractivity contribution in [2.75, 3.05) is 14.2 Å². The first-order valence-electron chi connectivity index (χ1n) is 10.4. The molecule has 8 heteroatoms. The van der Waals surface area contributed by atoms with Gasteiger partial charge in [0.2, 0.25) is 6.23 Å². The number of benzene rings is 3. The summed E-state index contributed by atoms with van der Waals surface area (Å²) in [7, 11) is 2.88. The van der Waals surface area contributed by atoms with Gasteiger partial charge in [-0.15, -0.1) is 0 Å². The number of hydrogen-bond acceptors (Lipinski definition) is 6. The van der Waals surface area contributed by atoms with Gasteiger partial charge in [-0.2, -0.15) is 5.10 Å². The summed E-state index contributed by atoms with van der Waals surface area (Å²) in [5.74, 6) is 0.00356. The van der Waals surface area contributed by atoms with Gasteiger partial charge in [0.05, 0.1) is 26.0 Å². The van der Waals surface area contributed by atoms with Crippen LogP contribution < -0.4 is 14.2 Å². The second kappa shape index (κ2) is 8.33. The summed E-state index contributed by atoms with van der Waals surface area (Å²) in [5, 5.41) is 17.4. The van der Waals surface area contributed by atoms with Crippen molar-refractivity contribution in [2.24, 2.45) is 5.10 Å². The molecule has 168 valence electrons. The minimum atomic E-state index is -1.14. The number of fused-ring (bicyclic) bond motifs is 3. The molecule has 0 aromatic heterocycles. The third-order valence-corrected chi connectivity index (χ3v) is 6.27. The summed E-state index contributed by atoms with van der Waals surface area (Å²) in [6.45, 7) is 0. The molecule has 0 radical (unpaired) electrons. The molecule has 0 saturated heterocycles. The normalized spacial score (nSPS) is 18.6. The SMILES string of the molecule is COc1ccc([C@H]2Oc3ccccc3[C@H]3CC(c4ccccc4Cl)=NN32)c(C(=O)O)c1OC. The first-order valence-corrected chi connectivity index (χ1v) is 10.8. The monoisotopic (exact) mass is 464 g/mol. The number of hydrogen-bond donors (Lipinski definition) is 1. The van der Waals surface area contributed by atoms with Gasteiger partial charge < -0.3 is 19.3 Å². The topological polar surface area (TPSA) is 80.6 Å². The Labute approximate surface area is 195 Å². The first kappa shape index (κ1) is 21.2. The molecule has 1 N–H and O–H groups in total. The summed E-state index contributed by atoms with van der Waals surface area (Å²) in [5.41, 5.74) is 3.03. The van der Waals surface area contributed by atoms with E-state index in [4.69, 9.17) is 30.9 Å². The highest BCUT2D eigenvalue weighted by atomic mass is 35.5. The van der Waals surface area contributed by atoms with E-state index in [1.54, 1.807) is 12.1 Å². The average molecular weight is 465 g/mol. The lowest BCUT2D eigenvalue weighted by Crippen LogP contribution is -2.34. The molecule has 0 fully saturated rings. The third kappa shape index (κ3) is 3.45. The highest BCUT2D eigenvalue weighted by Gasteiger charge is 2.43. The van der Waals surface area contributed by atoms with Gasteiger partial charge in [-0.3, -0.25) is 0 Å². The van der Waals surface area contributed by atoms with E-state index in [0.717, 1.165) is 16.8 Å². The van der Waals surface area contributed by atoms with Crippen LogP contribution in [0.5, 0.6) is 17.2 Å². The lowest BCUT2D eigenvalue weighted by Gasteiger charge is -2.38. The summed E-state index contributed by atoms with van der Waals surface area (Å²) in [6, 6.07) is 18.5. The fraction of sp³-hybridized carbons (Fsp3) is 0.200. The van der Waals surface area contributed by atoms with Crippen LogP contribution in [0.25, 0.3) is 0 Å². The van der Waals surface area contributed by atoms with Gasteiger partial charge in [0.15, 0.2) is 11.5 Å². The van der Waals surface area contributed by atoms with Gasteiger partial charge >= 0.3 is 5.97 Å². The number of hydrazone groups is 1. The molecule has 0 amide bonds. The van der Waals surface area contributed by atoms with Gasteiger partial charge in [0.1, 0.15) is 11.3 Å². The quantitative estimate of drug-likeness (QED) is 0.552. The predicted octanol–water partition coefficient (Wildman–Crippen LogP) is 5.30. The van der Waals surface area contributed by atoms with Crippen molar-refractivity contribution in [2.45, 2.75) is 18.7 Å². The van der Waals surface area contributed by atoms with Crippen LogP contribution in [0.4, 0.5) is 0 Å². The molecule has 0 unspecified atom stereocenters. The van der Waals surface area contributed by atoms with Crippen LogP contribution in [-0.4, -0.2) is 36.0 Å². The number of carboxylic acids is 1. The molecule has 33 heavy (non-hydrogen) atoms. The highest BCUT2D eigenvalue weighted by Crippen LogP contribution is 2.49. The Bertz CT molecular complexity index is 1280. The van der Waals surface area contributed by atoms with E-state index in [9.17, 15) is 9.90 Å². The minimum Gasteiger partial charge on any atom is -0.493 e. The van der Waals surface area contributed by atoms with E-state index in [-0.39, 0.29) is 17.4 Å². The molecule has 2 heterocycles. The number of para-hydroxylation sites is 1. The lowest BCUT2D eigenvalue weighted by atomic mass is 9.95. The number of carbonyl (C=O) groups is 1. The smallest absolute Gasteiger partial charge is 0.340 e. The molecule has 0 bridgehead atoms. The maximum absolute atomic E-state index is 12.3. The molecule has 3 aromatic carbocycles. The fourth-order valence-electron chi connectivity index (χ4n) is 4.47. The molecule has 2 aliphatic heterocycles. The maximum atomic E-state index is 12.3. The van der Waals surface area contributed by atoms with Crippen LogP contribution in [0, 0.1) is 0 Å². The second-order valence-electron chi connectivity index (χ2n) is 7.70. The maximum Gasteiger partial charge on any atom is 0.340 e. The van der Waals surface area contributed by atoms with E-state index < -0.39 is 12.2 Å². The third-order valence-electron chi connectivity index (χ3n) is 5.94. The van der Waals surface area contributed by atoms with Gasteiger partial charge in [0.25, 0.3) is 0 Å². The van der Waals surface area contributed by atoms with Crippen LogP contribution in [-0.2, 0) is 0 Å². The van der Waals surface area contributed by atoms with Crippen LogP contribution in [0.1, 0.15) is 45.7 Å². The molecule has 2 aliphatic rings. The molecule has 3 aromatic rings. The number of carboxylic acid groups (broad SMARTS) is 1. The molecule has 2 atom stereocenters. The fourth-order valence-corrected chi connectivity index (χ4v) is 4.71. The Kier molecular flexibility index (Phi) is 5.34. The van der Waals surface area contributed by atoms with Crippen LogP contribution in [0.3, 0.4) is 0 Å². The number of aromatic carboxylic acids is 1. The summed E-state index contributed by atoms with van der Waals surface area (Å²) in [4.78, 5) is 12.3. The van der Waals surface area contributed by atoms with Crippen LogP contribution in [0.2, 0.25) is 5.02 Å². The number of halogens is 1.